The molecule has 1 rings (SSSR count). The monoisotopic (exact) mass is 313 g/mol. The van der Waals surface area contributed by atoms with Crippen LogP contribution < -0.4 is 0 Å². The number of benzene rings is 1. The van der Waals surface area contributed by atoms with Crippen LogP contribution >= 0.6 is 23.2 Å². The summed E-state index contributed by atoms with van der Waals surface area (Å²) in [5.74, 6) is -0.669. The first kappa shape index (κ1) is 16.1. The molecular weight excluding hydrogens is 302 g/mol. The molecule has 0 bridgehead atoms. The Labute approximate surface area is 119 Å². The third kappa shape index (κ3) is 6.16. The first-order valence-electron chi connectivity index (χ1n) is 5.47. The van der Waals surface area contributed by atoms with Crippen LogP contribution in [0.15, 0.2) is 24.3 Å². The summed E-state index contributed by atoms with van der Waals surface area (Å²) in [6.45, 7) is -1.43. The molecule has 19 heavy (non-hydrogen) atoms. The van der Waals surface area contributed by atoms with Gasteiger partial charge in [-0.25, -0.2) is 0 Å². The fraction of sp³-hybridized carbons (Fsp3) is 0.417. The van der Waals surface area contributed by atoms with E-state index in [1.807, 2.05) is 0 Å². The van der Waals surface area contributed by atoms with Crippen molar-refractivity contribution in [1.29, 1.82) is 0 Å². The van der Waals surface area contributed by atoms with Gasteiger partial charge in [0.2, 0.25) is 5.91 Å². The van der Waals surface area contributed by atoms with Crippen molar-refractivity contribution >= 4 is 29.1 Å². The number of hydrogen-bond donors (Lipinski definition) is 0. The molecule has 0 aliphatic heterocycles. The van der Waals surface area contributed by atoms with E-state index < -0.39 is 18.6 Å². The Morgan fingerprint density at radius 1 is 1.32 bits per heavy atom. The molecule has 0 unspecified atom stereocenters. The first-order chi connectivity index (χ1) is 8.81. The van der Waals surface area contributed by atoms with Gasteiger partial charge in [-0.3, -0.25) is 4.79 Å². The lowest BCUT2D eigenvalue weighted by Crippen LogP contribution is -2.40. The summed E-state index contributed by atoms with van der Waals surface area (Å²) < 4.78 is 37.0. The maximum atomic E-state index is 12.3. The molecule has 0 saturated carbocycles. The van der Waals surface area contributed by atoms with Crippen molar-refractivity contribution in [3.63, 3.8) is 0 Å². The number of carbonyl (C=O) groups excluding carboxylic acids is 1. The molecule has 0 radical (unpaired) electrons. The summed E-state index contributed by atoms with van der Waals surface area (Å²) in [4.78, 5) is 12.5. The minimum atomic E-state index is -4.43. The molecule has 1 aromatic rings. The van der Waals surface area contributed by atoms with Crippen molar-refractivity contribution in [2.75, 3.05) is 19.0 Å². The summed E-state index contributed by atoms with van der Waals surface area (Å²) in [7, 11) is 0. The van der Waals surface area contributed by atoms with Crippen LogP contribution in [0.3, 0.4) is 0 Å². The average molecular weight is 314 g/mol. The molecule has 0 aliphatic carbocycles. The molecule has 0 saturated heterocycles. The van der Waals surface area contributed by atoms with Gasteiger partial charge < -0.3 is 4.90 Å². The van der Waals surface area contributed by atoms with Gasteiger partial charge in [0.25, 0.3) is 0 Å². The Hall–Kier alpha value is -0.940. The van der Waals surface area contributed by atoms with Crippen LogP contribution in [-0.4, -0.2) is 36.0 Å². The number of nitrogens with zero attached hydrogens (tertiary/aromatic N) is 1. The second-order valence-electron chi connectivity index (χ2n) is 3.93. The van der Waals surface area contributed by atoms with Gasteiger partial charge in [-0.05, 0) is 17.7 Å². The molecule has 7 heteroatoms. The zero-order valence-electron chi connectivity index (χ0n) is 9.88. The standard InChI is InChI=1S/C12H12Cl2F3NO/c13-4-5-18(8-12(15,16)17)11(19)7-9-2-1-3-10(14)6-9/h1-3,6H,4-5,7-8H2. The van der Waals surface area contributed by atoms with Crippen LogP contribution in [0.25, 0.3) is 0 Å². The molecule has 0 aromatic heterocycles. The van der Waals surface area contributed by atoms with Crippen LogP contribution in [-0.2, 0) is 11.2 Å². The van der Waals surface area contributed by atoms with E-state index >= 15 is 0 Å². The van der Waals surface area contributed by atoms with Crippen molar-refractivity contribution in [2.45, 2.75) is 12.6 Å². The minimum absolute atomic E-state index is 0.0443. The Balaban J connectivity index is 2.71. The highest BCUT2D eigenvalue weighted by Gasteiger charge is 2.32. The summed E-state index contributed by atoms with van der Waals surface area (Å²) in [5.41, 5.74) is 0.569. The molecule has 0 fully saturated rings. The second-order valence-corrected chi connectivity index (χ2v) is 4.74. The van der Waals surface area contributed by atoms with Crippen molar-refractivity contribution in [2.24, 2.45) is 0 Å². The van der Waals surface area contributed by atoms with Gasteiger partial charge in [-0.15, -0.1) is 11.6 Å². The quantitative estimate of drug-likeness (QED) is 0.762. The maximum absolute atomic E-state index is 12.3. The first-order valence-corrected chi connectivity index (χ1v) is 6.38. The number of halogens is 5. The largest absolute Gasteiger partial charge is 0.406 e. The normalized spacial score (nSPS) is 11.4. The van der Waals surface area contributed by atoms with Gasteiger partial charge >= 0.3 is 6.18 Å². The fourth-order valence-electron chi connectivity index (χ4n) is 1.54. The number of amides is 1. The highest BCUT2D eigenvalue weighted by atomic mass is 35.5. The van der Waals surface area contributed by atoms with Gasteiger partial charge in [-0.1, -0.05) is 23.7 Å². The SMILES string of the molecule is O=C(Cc1cccc(Cl)c1)N(CCCl)CC(F)(F)F. The number of rotatable bonds is 5. The molecule has 2 nitrogen and oxygen atoms in total. The smallest absolute Gasteiger partial charge is 0.332 e. The number of hydrogen-bond acceptors (Lipinski definition) is 1. The van der Waals surface area contributed by atoms with Crippen LogP contribution in [0.5, 0.6) is 0 Å². The van der Waals surface area contributed by atoms with Crippen LogP contribution in [0.1, 0.15) is 5.56 Å². The van der Waals surface area contributed by atoms with Gasteiger partial charge in [-0.2, -0.15) is 13.2 Å². The van der Waals surface area contributed by atoms with Crippen molar-refractivity contribution in [1.82, 2.24) is 4.90 Å². The third-order valence-corrected chi connectivity index (χ3v) is 2.73. The lowest BCUT2D eigenvalue weighted by atomic mass is 10.1. The highest BCUT2D eigenvalue weighted by molar-refractivity contribution is 6.30. The van der Waals surface area contributed by atoms with Crippen molar-refractivity contribution in [3.8, 4) is 0 Å². The van der Waals surface area contributed by atoms with E-state index in [0.717, 1.165) is 0 Å². The topological polar surface area (TPSA) is 20.3 Å². The predicted octanol–water partition coefficient (Wildman–Crippen LogP) is 3.51. The molecule has 106 valence electrons. The van der Waals surface area contributed by atoms with Crippen LogP contribution in [0.4, 0.5) is 13.2 Å². The lowest BCUT2D eigenvalue weighted by Gasteiger charge is -2.23. The number of alkyl halides is 4. The molecule has 0 spiro atoms. The summed E-state index contributed by atoms with van der Waals surface area (Å²) in [6.07, 6.45) is -4.57. The molecule has 0 atom stereocenters. The van der Waals surface area contributed by atoms with E-state index in [4.69, 9.17) is 23.2 Å². The van der Waals surface area contributed by atoms with E-state index in [1.54, 1.807) is 24.3 Å². The second kappa shape index (κ2) is 7.01. The van der Waals surface area contributed by atoms with Gasteiger partial charge in [0, 0.05) is 17.4 Å². The predicted molar refractivity (Wildman–Crippen MR) is 68.5 cm³/mol. The summed E-state index contributed by atoms with van der Waals surface area (Å²) in [6, 6.07) is 6.45. The number of carbonyl (C=O) groups is 1. The van der Waals surface area contributed by atoms with E-state index in [9.17, 15) is 18.0 Å². The molecule has 0 heterocycles. The minimum Gasteiger partial charge on any atom is -0.332 e. The molecule has 1 amide bonds. The van der Waals surface area contributed by atoms with Crippen molar-refractivity contribution < 1.29 is 18.0 Å². The van der Waals surface area contributed by atoms with Gasteiger partial charge in [0.15, 0.2) is 0 Å². The lowest BCUT2D eigenvalue weighted by molar-refractivity contribution is -0.160. The Morgan fingerprint density at radius 2 is 2.00 bits per heavy atom. The average Bonchev–Trinajstić information content (AvgIpc) is 2.26. The van der Waals surface area contributed by atoms with E-state index in [1.165, 1.54) is 0 Å². The Bertz CT molecular complexity index is 437. The molecule has 0 aliphatic rings. The van der Waals surface area contributed by atoms with Crippen molar-refractivity contribution in [3.05, 3.63) is 34.9 Å². The zero-order chi connectivity index (χ0) is 14.5. The Morgan fingerprint density at radius 3 is 2.53 bits per heavy atom. The van der Waals surface area contributed by atoms with Gasteiger partial charge in [0.1, 0.15) is 6.54 Å². The van der Waals surface area contributed by atoms with Gasteiger partial charge in [0.05, 0.1) is 6.42 Å². The molecular formula is C12H12Cl2F3NO. The van der Waals surface area contributed by atoms with E-state index in [2.05, 4.69) is 0 Å². The van der Waals surface area contributed by atoms with E-state index in [0.29, 0.717) is 15.5 Å². The summed E-state index contributed by atoms with van der Waals surface area (Å²) >= 11 is 11.2. The zero-order valence-corrected chi connectivity index (χ0v) is 11.4. The van der Waals surface area contributed by atoms with Crippen LogP contribution in [0.2, 0.25) is 5.02 Å². The third-order valence-electron chi connectivity index (χ3n) is 2.32. The van der Waals surface area contributed by atoms with E-state index in [-0.39, 0.29) is 18.8 Å². The highest BCUT2D eigenvalue weighted by Crippen LogP contribution is 2.18. The van der Waals surface area contributed by atoms with Crippen LogP contribution in [0, 0.1) is 0 Å². The maximum Gasteiger partial charge on any atom is 0.406 e. The molecule has 1 aromatic carbocycles. The fourth-order valence-corrected chi connectivity index (χ4v) is 1.96. The summed E-state index contributed by atoms with van der Waals surface area (Å²) in [5, 5.41) is 0.435. The Kier molecular flexibility index (Phi) is 5.94. The molecule has 0 N–H and O–H groups in total.